The van der Waals surface area contributed by atoms with Gasteiger partial charge in [0.2, 0.25) is 0 Å². The van der Waals surface area contributed by atoms with E-state index in [9.17, 15) is 10.0 Å². The van der Waals surface area contributed by atoms with Gasteiger partial charge in [-0.2, -0.15) is 0 Å². The van der Waals surface area contributed by atoms with Gasteiger partial charge in [0.15, 0.2) is 0 Å². The Morgan fingerprint density at radius 1 is 1.10 bits per heavy atom. The van der Waals surface area contributed by atoms with Crippen molar-refractivity contribution in [2.24, 2.45) is 0 Å². The van der Waals surface area contributed by atoms with Crippen LogP contribution in [0.25, 0.3) is 0 Å². The molecular weight excluding hydrogens is 265 g/mol. The minimum Gasteiger partial charge on any atom is -0.496 e. The van der Waals surface area contributed by atoms with Crippen LogP contribution < -0.4 is 10.2 Å². The Bertz CT molecular complexity index is 405. The van der Waals surface area contributed by atoms with E-state index in [-0.39, 0.29) is 0 Å². The summed E-state index contributed by atoms with van der Waals surface area (Å²) in [5.74, 6) is 0.803. The number of rotatable bonds is 10. The molecule has 0 aliphatic rings. The van der Waals surface area contributed by atoms with Crippen LogP contribution in [0.1, 0.15) is 45.1 Å². The predicted molar refractivity (Wildman–Crippen MR) is 87.9 cm³/mol. The summed E-state index contributed by atoms with van der Waals surface area (Å²) in [6.45, 7) is 7.30. The summed E-state index contributed by atoms with van der Waals surface area (Å²) in [7, 11) is 0.213. The Kier molecular flexibility index (Phi) is 8.42. The van der Waals surface area contributed by atoms with Crippen molar-refractivity contribution in [3.05, 3.63) is 23.8 Å². The van der Waals surface area contributed by atoms with Gasteiger partial charge in [-0.3, -0.25) is 4.90 Å². The van der Waals surface area contributed by atoms with E-state index >= 15 is 0 Å². The summed E-state index contributed by atoms with van der Waals surface area (Å²) in [5, 5.41) is 18.7. The quantitative estimate of drug-likeness (QED) is 0.646. The average molecular weight is 293 g/mol. The fourth-order valence-corrected chi connectivity index (χ4v) is 2.36. The molecule has 0 aliphatic heterocycles. The maximum atomic E-state index is 9.33. The van der Waals surface area contributed by atoms with E-state index < -0.39 is 7.12 Å². The smallest absolute Gasteiger partial charge is 0.488 e. The second-order valence-electron chi connectivity index (χ2n) is 5.43. The van der Waals surface area contributed by atoms with Gasteiger partial charge in [-0.05, 0) is 37.5 Å². The van der Waals surface area contributed by atoms with E-state index in [0.29, 0.717) is 5.46 Å². The second-order valence-corrected chi connectivity index (χ2v) is 5.43. The highest BCUT2D eigenvalue weighted by atomic mass is 16.5. The van der Waals surface area contributed by atoms with Crippen molar-refractivity contribution in [1.82, 2.24) is 4.90 Å². The third kappa shape index (κ3) is 6.08. The molecule has 0 atom stereocenters. The van der Waals surface area contributed by atoms with Gasteiger partial charge in [0.1, 0.15) is 5.75 Å². The molecule has 0 radical (unpaired) electrons. The Morgan fingerprint density at radius 3 is 2.19 bits per heavy atom. The second kappa shape index (κ2) is 9.82. The third-order valence-electron chi connectivity index (χ3n) is 3.65. The van der Waals surface area contributed by atoms with Crippen molar-refractivity contribution >= 4 is 12.6 Å². The van der Waals surface area contributed by atoms with Gasteiger partial charge in [0.05, 0.1) is 7.11 Å². The number of ether oxygens (including phenoxy) is 1. The zero-order valence-corrected chi connectivity index (χ0v) is 13.5. The number of benzene rings is 1. The van der Waals surface area contributed by atoms with E-state index in [2.05, 4.69) is 18.7 Å². The fraction of sp³-hybridized carbons (Fsp3) is 0.625. The molecular formula is C16H28BNO3. The average Bonchev–Trinajstić information content (AvgIpc) is 2.49. The minimum absolute atomic E-state index is 0.511. The molecule has 0 aliphatic carbocycles. The molecule has 0 unspecified atom stereocenters. The summed E-state index contributed by atoms with van der Waals surface area (Å²) >= 11 is 0. The highest BCUT2D eigenvalue weighted by Gasteiger charge is 2.15. The zero-order chi connectivity index (χ0) is 15.7. The summed E-state index contributed by atoms with van der Waals surface area (Å²) in [6.07, 6.45) is 4.70. The van der Waals surface area contributed by atoms with Gasteiger partial charge < -0.3 is 14.8 Å². The summed E-state index contributed by atoms with van der Waals surface area (Å²) in [5.41, 5.74) is 1.52. The maximum absolute atomic E-state index is 9.33. The van der Waals surface area contributed by atoms with Crippen LogP contribution in [0.15, 0.2) is 18.2 Å². The highest BCUT2D eigenvalue weighted by Crippen LogP contribution is 2.19. The van der Waals surface area contributed by atoms with Crippen LogP contribution in [-0.2, 0) is 6.54 Å². The molecule has 4 nitrogen and oxygen atoms in total. The van der Waals surface area contributed by atoms with E-state index in [0.717, 1.165) is 30.9 Å². The third-order valence-corrected chi connectivity index (χ3v) is 3.65. The first-order valence-electron chi connectivity index (χ1n) is 7.87. The topological polar surface area (TPSA) is 52.9 Å². The maximum Gasteiger partial charge on any atom is 0.488 e. The minimum atomic E-state index is -1.44. The molecule has 0 heterocycles. The van der Waals surface area contributed by atoms with Gasteiger partial charge in [0.25, 0.3) is 0 Å². The van der Waals surface area contributed by atoms with Crippen molar-refractivity contribution in [2.45, 2.75) is 46.1 Å². The summed E-state index contributed by atoms with van der Waals surface area (Å²) in [4.78, 5) is 2.42. The molecule has 1 aromatic carbocycles. The van der Waals surface area contributed by atoms with E-state index in [1.807, 2.05) is 12.1 Å². The van der Waals surface area contributed by atoms with Crippen LogP contribution in [0.4, 0.5) is 0 Å². The highest BCUT2D eigenvalue weighted by molar-refractivity contribution is 6.58. The lowest BCUT2D eigenvalue weighted by Gasteiger charge is -2.23. The molecule has 118 valence electrons. The number of nitrogens with zero attached hydrogens (tertiary/aromatic N) is 1. The Labute approximate surface area is 128 Å². The number of hydrogen-bond acceptors (Lipinski definition) is 4. The summed E-state index contributed by atoms with van der Waals surface area (Å²) in [6, 6.07) is 5.33. The normalized spacial score (nSPS) is 11.0. The van der Waals surface area contributed by atoms with Crippen LogP contribution in [0.2, 0.25) is 0 Å². The van der Waals surface area contributed by atoms with Crippen molar-refractivity contribution < 1.29 is 14.8 Å². The molecule has 0 bridgehead atoms. The molecule has 2 N–H and O–H groups in total. The lowest BCUT2D eigenvalue weighted by atomic mass is 9.79. The number of hydrogen-bond donors (Lipinski definition) is 2. The predicted octanol–water partition coefficient (Wildman–Crippen LogP) is 1.78. The van der Waals surface area contributed by atoms with Gasteiger partial charge in [-0.15, -0.1) is 0 Å². The zero-order valence-electron chi connectivity index (χ0n) is 13.5. The van der Waals surface area contributed by atoms with Gasteiger partial charge in [0, 0.05) is 12.1 Å². The van der Waals surface area contributed by atoms with Crippen molar-refractivity contribution in [1.29, 1.82) is 0 Å². The standard InChI is InChI=1S/C16H28BNO3/c1-4-6-10-18(11-7-5-2)13-14-12-15(17(19)20)8-9-16(14)21-3/h8-9,12,19-20H,4-7,10-11,13H2,1-3H3. The molecule has 0 spiro atoms. The first kappa shape index (κ1) is 18.0. The van der Waals surface area contributed by atoms with Gasteiger partial charge in [-0.25, -0.2) is 0 Å². The number of unbranched alkanes of at least 4 members (excludes halogenated alkanes) is 2. The molecule has 0 amide bonds. The van der Waals surface area contributed by atoms with Crippen LogP contribution in [0, 0.1) is 0 Å². The van der Waals surface area contributed by atoms with E-state index in [1.165, 1.54) is 25.7 Å². The SMILES string of the molecule is CCCCN(CCCC)Cc1cc(B(O)O)ccc1OC. The molecule has 1 rings (SSSR count). The molecule has 0 aromatic heterocycles. The lowest BCUT2D eigenvalue weighted by molar-refractivity contribution is 0.253. The van der Waals surface area contributed by atoms with Crippen molar-refractivity contribution in [3.8, 4) is 5.75 Å². The molecule has 1 aromatic rings. The Hall–Kier alpha value is -1.04. The molecule has 21 heavy (non-hydrogen) atoms. The van der Waals surface area contributed by atoms with E-state index in [4.69, 9.17) is 4.74 Å². The Balaban J connectivity index is 2.85. The monoisotopic (exact) mass is 293 g/mol. The van der Waals surface area contributed by atoms with Gasteiger partial charge >= 0.3 is 7.12 Å². The number of methoxy groups -OCH3 is 1. The largest absolute Gasteiger partial charge is 0.496 e. The molecule has 0 saturated carbocycles. The van der Waals surface area contributed by atoms with Crippen LogP contribution in [0.3, 0.4) is 0 Å². The van der Waals surface area contributed by atoms with Crippen molar-refractivity contribution in [2.75, 3.05) is 20.2 Å². The first-order valence-corrected chi connectivity index (χ1v) is 7.87. The van der Waals surface area contributed by atoms with Crippen molar-refractivity contribution in [3.63, 3.8) is 0 Å². The summed E-state index contributed by atoms with van der Waals surface area (Å²) < 4.78 is 5.40. The van der Waals surface area contributed by atoms with Crippen LogP contribution >= 0.6 is 0 Å². The molecule has 5 heteroatoms. The lowest BCUT2D eigenvalue weighted by Crippen LogP contribution is -2.31. The fourth-order valence-electron chi connectivity index (χ4n) is 2.36. The van der Waals surface area contributed by atoms with Crippen LogP contribution in [-0.4, -0.2) is 42.3 Å². The first-order chi connectivity index (χ1) is 10.1. The van der Waals surface area contributed by atoms with E-state index in [1.54, 1.807) is 13.2 Å². The van der Waals surface area contributed by atoms with Gasteiger partial charge in [-0.1, -0.05) is 38.8 Å². The Morgan fingerprint density at radius 2 is 1.71 bits per heavy atom. The molecule has 0 saturated heterocycles. The van der Waals surface area contributed by atoms with Crippen LogP contribution in [0.5, 0.6) is 5.75 Å². The molecule has 0 fully saturated rings.